The molecule has 1 aliphatic rings. The predicted octanol–water partition coefficient (Wildman–Crippen LogP) is 3.87. The molecule has 0 amide bonds. The summed E-state index contributed by atoms with van der Waals surface area (Å²) >= 11 is 6.20. The third-order valence-corrected chi connectivity index (χ3v) is 5.07. The second kappa shape index (κ2) is 7.23. The Morgan fingerprint density at radius 1 is 1.21 bits per heavy atom. The summed E-state index contributed by atoms with van der Waals surface area (Å²) in [6, 6.07) is 9.77. The molecule has 1 aromatic heterocycles. The van der Waals surface area contributed by atoms with E-state index in [2.05, 4.69) is 15.0 Å². The standard InChI is InChI=1S/C19H15ClF3N3O3/c20-12-3-1-2-4-14(12)26-15-9-10(29-19(21,22)23)5-6-11(15)17(25-18(26)28)24-13-7-8-16(13)27/h1-6,9,13,16,27H,7-8H2,(H,24,25,28)/t13-,16-/m1/s1. The smallest absolute Gasteiger partial charge is 0.406 e. The van der Waals surface area contributed by atoms with Crippen LogP contribution >= 0.6 is 11.6 Å². The van der Waals surface area contributed by atoms with Gasteiger partial charge < -0.3 is 15.2 Å². The number of aliphatic hydroxyl groups is 1. The van der Waals surface area contributed by atoms with Crippen molar-refractivity contribution in [2.75, 3.05) is 5.32 Å². The van der Waals surface area contributed by atoms with Crippen LogP contribution in [0, 0.1) is 0 Å². The number of hydrogen-bond acceptors (Lipinski definition) is 5. The van der Waals surface area contributed by atoms with Gasteiger partial charge in [-0.3, -0.25) is 4.57 Å². The molecule has 152 valence electrons. The quantitative estimate of drug-likeness (QED) is 0.663. The van der Waals surface area contributed by atoms with Crippen LogP contribution in [0.1, 0.15) is 12.8 Å². The van der Waals surface area contributed by atoms with E-state index in [0.717, 1.165) is 16.7 Å². The van der Waals surface area contributed by atoms with Gasteiger partial charge in [-0.1, -0.05) is 23.7 Å². The van der Waals surface area contributed by atoms with E-state index >= 15 is 0 Å². The van der Waals surface area contributed by atoms with Gasteiger partial charge in [-0.05, 0) is 37.1 Å². The van der Waals surface area contributed by atoms with Crippen LogP contribution in [0.5, 0.6) is 5.75 Å². The molecule has 2 N–H and O–H groups in total. The number of para-hydroxylation sites is 1. The van der Waals surface area contributed by atoms with E-state index in [9.17, 15) is 23.1 Å². The van der Waals surface area contributed by atoms with Crippen molar-refractivity contribution in [1.29, 1.82) is 0 Å². The summed E-state index contributed by atoms with van der Waals surface area (Å²) in [5, 5.41) is 13.4. The molecule has 2 atom stereocenters. The van der Waals surface area contributed by atoms with Gasteiger partial charge in [0.05, 0.1) is 28.4 Å². The number of aromatic nitrogens is 2. The molecule has 1 fully saturated rings. The number of alkyl halides is 3. The van der Waals surface area contributed by atoms with Crippen molar-refractivity contribution in [1.82, 2.24) is 9.55 Å². The van der Waals surface area contributed by atoms with E-state index < -0.39 is 23.9 Å². The monoisotopic (exact) mass is 425 g/mol. The third kappa shape index (κ3) is 3.88. The van der Waals surface area contributed by atoms with Gasteiger partial charge in [0.25, 0.3) is 0 Å². The van der Waals surface area contributed by atoms with E-state index in [1.165, 1.54) is 6.07 Å². The summed E-state index contributed by atoms with van der Waals surface area (Å²) in [5.41, 5.74) is -0.321. The summed E-state index contributed by atoms with van der Waals surface area (Å²) < 4.78 is 43.2. The Hall–Kier alpha value is -2.78. The fraction of sp³-hybridized carbons (Fsp3) is 0.263. The fourth-order valence-electron chi connectivity index (χ4n) is 3.21. The molecule has 3 aromatic rings. The summed E-state index contributed by atoms with van der Waals surface area (Å²) in [7, 11) is 0. The average Bonchev–Trinajstić information content (AvgIpc) is 2.64. The minimum atomic E-state index is -4.88. The van der Waals surface area contributed by atoms with E-state index in [4.69, 9.17) is 11.6 Å². The zero-order valence-electron chi connectivity index (χ0n) is 14.8. The lowest BCUT2D eigenvalue weighted by Gasteiger charge is -2.33. The van der Waals surface area contributed by atoms with Gasteiger partial charge in [-0.2, -0.15) is 4.98 Å². The van der Waals surface area contributed by atoms with Gasteiger partial charge in [0.2, 0.25) is 0 Å². The predicted molar refractivity (Wildman–Crippen MR) is 102 cm³/mol. The van der Waals surface area contributed by atoms with Gasteiger partial charge in [-0.25, -0.2) is 4.79 Å². The lowest BCUT2D eigenvalue weighted by Crippen LogP contribution is -2.43. The number of anilines is 1. The molecule has 2 aromatic carbocycles. The minimum absolute atomic E-state index is 0.135. The van der Waals surface area contributed by atoms with Crippen molar-refractivity contribution in [3.63, 3.8) is 0 Å². The summed E-state index contributed by atoms with van der Waals surface area (Å²) in [5.74, 6) is -0.304. The summed E-state index contributed by atoms with van der Waals surface area (Å²) in [4.78, 5) is 16.8. The molecule has 1 aliphatic carbocycles. The Morgan fingerprint density at radius 2 is 1.97 bits per heavy atom. The van der Waals surface area contributed by atoms with Gasteiger partial charge >= 0.3 is 12.1 Å². The van der Waals surface area contributed by atoms with Crippen molar-refractivity contribution >= 4 is 28.3 Å². The van der Waals surface area contributed by atoms with E-state index in [0.29, 0.717) is 18.2 Å². The normalized spacial score (nSPS) is 19.1. The summed E-state index contributed by atoms with van der Waals surface area (Å²) in [6.45, 7) is 0. The van der Waals surface area contributed by atoms with Crippen LogP contribution < -0.4 is 15.7 Å². The number of aliphatic hydroxyl groups excluding tert-OH is 1. The van der Waals surface area contributed by atoms with Crippen molar-refractivity contribution in [3.05, 3.63) is 58.0 Å². The Kier molecular flexibility index (Phi) is 4.87. The van der Waals surface area contributed by atoms with Gasteiger partial charge in [0.1, 0.15) is 11.6 Å². The van der Waals surface area contributed by atoms with Gasteiger partial charge in [0.15, 0.2) is 0 Å². The average molecular weight is 426 g/mol. The first-order valence-corrected chi connectivity index (χ1v) is 9.13. The van der Waals surface area contributed by atoms with Gasteiger partial charge in [-0.15, -0.1) is 13.2 Å². The topological polar surface area (TPSA) is 76.4 Å². The maximum absolute atomic E-state index is 12.8. The highest BCUT2D eigenvalue weighted by Crippen LogP contribution is 2.32. The Labute approximate surface area is 167 Å². The van der Waals surface area contributed by atoms with E-state index in [1.54, 1.807) is 24.3 Å². The van der Waals surface area contributed by atoms with Crippen molar-refractivity contribution in [3.8, 4) is 11.4 Å². The number of benzene rings is 2. The highest BCUT2D eigenvalue weighted by atomic mass is 35.5. The van der Waals surface area contributed by atoms with Crippen LogP contribution in [0.15, 0.2) is 47.3 Å². The van der Waals surface area contributed by atoms with E-state index in [-0.39, 0.29) is 28.1 Å². The van der Waals surface area contributed by atoms with E-state index in [1.807, 2.05) is 0 Å². The number of rotatable bonds is 4. The zero-order valence-corrected chi connectivity index (χ0v) is 15.5. The Bertz CT molecular complexity index is 1130. The zero-order chi connectivity index (χ0) is 20.8. The number of fused-ring (bicyclic) bond motifs is 1. The molecule has 6 nitrogen and oxygen atoms in total. The lowest BCUT2D eigenvalue weighted by molar-refractivity contribution is -0.274. The molecule has 0 aliphatic heterocycles. The molecular weight excluding hydrogens is 411 g/mol. The molecule has 10 heteroatoms. The maximum Gasteiger partial charge on any atom is 0.573 e. The number of hydrogen-bond donors (Lipinski definition) is 2. The molecule has 0 spiro atoms. The van der Waals surface area contributed by atoms with Crippen molar-refractivity contribution in [2.24, 2.45) is 0 Å². The third-order valence-electron chi connectivity index (χ3n) is 4.75. The molecule has 4 rings (SSSR count). The first-order chi connectivity index (χ1) is 13.7. The molecule has 1 saturated carbocycles. The number of ether oxygens (including phenoxy) is 1. The molecule has 0 saturated heterocycles. The Balaban J connectivity index is 1.93. The molecule has 0 bridgehead atoms. The second-order valence-electron chi connectivity index (χ2n) is 6.65. The SMILES string of the molecule is O=c1nc(N[C@@H]2CC[C@H]2O)c2ccc(OC(F)(F)F)cc2n1-c1ccccc1Cl. The van der Waals surface area contributed by atoms with Crippen molar-refractivity contribution < 1.29 is 23.0 Å². The van der Waals surface area contributed by atoms with Crippen LogP contribution in [-0.4, -0.2) is 33.2 Å². The highest BCUT2D eigenvalue weighted by Gasteiger charge is 2.32. The molecule has 0 unspecified atom stereocenters. The second-order valence-corrected chi connectivity index (χ2v) is 7.06. The van der Waals surface area contributed by atoms with Crippen molar-refractivity contribution in [2.45, 2.75) is 31.3 Å². The van der Waals surface area contributed by atoms with Crippen LogP contribution in [0.2, 0.25) is 5.02 Å². The molecule has 0 radical (unpaired) electrons. The first-order valence-electron chi connectivity index (χ1n) is 8.75. The van der Waals surface area contributed by atoms with Crippen LogP contribution in [0.3, 0.4) is 0 Å². The number of halogens is 4. The maximum atomic E-state index is 12.8. The lowest BCUT2D eigenvalue weighted by atomic mass is 9.89. The van der Waals surface area contributed by atoms with Crippen LogP contribution in [0.25, 0.3) is 16.6 Å². The highest BCUT2D eigenvalue weighted by molar-refractivity contribution is 6.32. The number of nitrogens with zero attached hydrogens (tertiary/aromatic N) is 2. The molecule has 29 heavy (non-hydrogen) atoms. The van der Waals surface area contributed by atoms with Crippen LogP contribution in [-0.2, 0) is 0 Å². The molecule has 1 heterocycles. The van der Waals surface area contributed by atoms with Gasteiger partial charge in [0, 0.05) is 11.5 Å². The first kappa shape index (κ1) is 19.5. The van der Waals surface area contributed by atoms with Crippen LogP contribution in [0.4, 0.5) is 19.0 Å². The minimum Gasteiger partial charge on any atom is -0.406 e. The Morgan fingerprint density at radius 3 is 2.59 bits per heavy atom. The fourth-order valence-corrected chi connectivity index (χ4v) is 3.43. The molecular formula is C19H15ClF3N3O3. The largest absolute Gasteiger partial charge is 0.573 e. The summed E-state index contributed by atoms with van der Waals surface area (Å²) in [6.07, 6.45) is -4.15. The number of nitrogens with one attached hydrogen (secondary N) is 1.